The fraction of sp³-hybridized carbons (Fsp3) is 0.500. The summed E-state index contributed by atoms with van der Waals surface area (Å²) in [6, 6.07) is 6.56. The molecule has 0 spiro atoms. The Labute approximate surface area is 113 Å². The average molecular weight is 286 g/mol. The number of anilines is 1. The molecule has 19 heavy (non-hydrogen) atoms. The number of nitrogens with one attached hydrogen (secondary N) is 2. The van der Waals surface area contributed by atoms with Gasteiger partial charge in [-0.2, -0.15) is 0 Å². The molecular weight excluding hydrogens is 268 g/mol. The van der Waals surface area contributed by atoms with Crippen molar-refractivity contribution in [1.29, 1.82) is 0 Å². The number of rotatable bonds is 5. The normalized spacial score (nSPS) is 20.2. The van der Waals surface area contributed by atoms with E-state index in [9.17, 15) is 8.42 Å². The Hall–Kier alpha value is -1.15. The van der Waals surface area contributed by atoms with Crippen LogP contribution in [0, 0.1) is 0 Å². The fourth-order valence-corrected chi connectivity index (χ4v) is 2.81. The number of ether oxygens (including phenoxy) is 2. The molecule has 1 unspecified atom stereocenters. The van der Waals surface area contributed by atoms with Crippen LogP contribution in [0.4, 0.5) is 5.69 Å². The standard InChI is InChI=1S/C12H18N2O4S/c1-13-10-2-4-12(5-3-10)19(15,16)14-8-11-9-17-6-7-18-11/h2-5,11,13-14H,6-9H2,1H3. The molecule has 0 bridgehead atoms. The Morgan fingerprint density at radius 3 is 2.58 bits per heavy atom. The second-order valence-electron chi connectivity index (χ2n) is 4.19. The van der Waals surface area contributed by atoms with Gasteiger partial charge in [0.25, 0.3) is 0 Å². The Balaban J connectivity index is 1.96. The maximum Gasteiger partial charge on any atom is 0.240 e. The summed E-state index contributed by atoms with van der Waals surface area (Å²) in [5.74, 6) is 0. The molecule has 6 nitrogen and oxygen atoms in total. The summed E-state index contributed by atoms with van der Waals surface area (Å²) < 4.78 is 37.2. The fourth-order valence-electron chi connectivity index (χ4n) is 1.74. The van der Waals surface area contributed by atoms with Gasteiger partial charge in [0, 0.05) is 19.3 Å². The van der Waals surface area contributed by atoms with E-state index in [1.807, 2.05) is 0 Å². The first-order valence-electron chi connectivity index (χ1n) is 6.08. The van der Waals surface area contributed by atoms with Crippen LogP contribution < -0.4 is 10.0 Å². The maximum absolute atomic E-state index is 12.0. The lowest BCUT2D eigenvalue weighted by molar-refractivity contribution is -0.0846. The van der Waals surface area contributed by atoms with Gasteiger partial charge in [-0.15, -0.1) is 0 Å². The maximum atomic E-state index is 12.0. The van der Waals surface area contributed by atoms with Crippen molar-refractivity contribution < 1.29 is 17.9 Å². The van der Waals surface area contributed by atoms with Crippen molar-refractivity contribution in [2.24, 2.45) is 0 Å². The van der Waals surface area contributed by atoms with Crippen molar-refractivity contribution in [3.05, 3.63) is 24.3 Å². The van der Waals surface area contributed by atoms with Crippen molar-refractivity contribution in [3.8, 4) is 0 Å². The average Bonchev–Trinajstić information content (AvgIpc) is 2.46. The van der Waals surface area contributed by atoms with E-state index < -0.39 is 10.0 Å². The van der Waals surface area contributed by atoms with Crippen LogP contribution in [-0.2, 0) is 19.5 Å². The molecule has 1 fully saturated rings. The van der Waals surface area contributed by atoms with Gasteiger partial charge in [0.1, 0.15) is 0 Å². The second-order valence-corrected chi connectivity index (χ2v) is 5.96. The highest BCUT2D eigenvalue weighted by molar-refractivity contribution is 7.89. The minimum atomic E-state index is -3.50. The zero-order valence-corrected chi connectivity index (χ0v) is 11.6. The molecular formula is C12H18N2O4S. The van der Waals surface area contributed by atoms with Crippen LogP contribution in [0.25, 0.3) is 0 Å². The van der Waals surface area contributed by atoms with Crippen LogP contribution >= 0.6 is 0 Å². The van der Waals surface area contributed by atoms with Crippen molar-refractivity contribution in [1.82, 2.24) is 4.72 Å². The van der Waals surface area contributed by atoms with Gasteiger partial charge in [-0.25, -0.2) is 13.1 Å². The molecule has 0 saturated carbocycles. The molecule has 106 valence electrons. The minimum absolute atomic E-state index is 0.218. The van der Waals surface area contributed by atoms with Gasteiger partial charge >= 0.3 is 0 Å². The zero-order chi connectivity index (χ0) is 13.7. The molecule has 2 rings (SSSR count). The van der Waals surface area contributed by atoms with Crippen LogP contribution in [0.3, 0.4) is 0 Å². The molecule has 1 saturated heterocycles. The lowest BCUT2D eigenvalue weighted by Gasteiger charge is -2.23. The van der Waals surface area contributed by atoms with Crippen LogP contribution in [0.1, 0.15) is 0 Å². The van der Waals surface area contributed by atoms with E-state index in [1.54, 1.807) is 31.3 Å². The molecule has 1 aliphatic heterocycles. The Morgan fingerprint density at radius 1 is 1.26 bits per heavy atom. The molecule has 2 N–H and O–H groups in total. The number of hydrogen-bond acceptors (Lipinski definition) is 5. The van der Waals surface area contributed by atoms with Crippen molar-refractivity contribution >= 4 is 15.7 Å². The van der Waals surface area contributed by atoms with Gasteiger partial charge < -0.3 is 14.8 Å². The molecule has 1 aliphatic rings. The van der Waals surface area contributed by atoms with E-state index in [4.69, 9.17) is 9.47 Å². The molecule has 0 radical (unpaired) electrons. The number of sulfonamides is 1. The molecule has 0 amide bonds. The van der Waals surface area contributed by atoms with Crippen LogP contribution in [-0.4, -0.2) is 47.9 Å². The molecule has 1 heterocycles. The summed E-state index contributed by atoms with van der Waals surface area (Å²) in [6.45, 7) is 1.70. The Kier molecular flexibility index (Phi) is 4.76. The third kappa shape index (κ3) is 3.90. The summed E-state index contributed by atoms with van der Waals surface area (Å²) in [7, 11) is -1.72. The second kappa shape index (κ2) is 6.33. The zero-order valence-electron chi connectivity index (χ0n) is 10.8. The first-order chi connectivity index (χ1) is 9.12. The van der Waals surface area contributed by atoms with E-state index in [0.29, 0.717) is 19.8 Å². The Morgan fingerprint density at radius 2 is 2.00 bits per heavy atom. The molecule has 1 atom stereocenters. The number of hydrogen-bond donors (Lipinski definition) is 2. The monoisotopic (exact) mass is 286 g/mol. The summed E-state index contributed by atoms with van der Waals surface area (Å²) in [5.41, 5.74) is 0.864. The highest BCUT2D eigenvalue weighted by Gasteiger charge is 2.19. The summed E-state index contributed by atoms with van der Waals surface area (Å²) in [5, 5.41) is 2.94. The van der Waals surface area contributed by atoms with Crippen LogP contribution in [0.2, 0.25) is 0 Å². The lowest BCUT2D eigenvalue weighted by Crippen LogP contribution is -2.39. The van der Waals surface area contributed by atoms with E-state index in [-0.39, 0.29) is 17.5 Å². The molecule has 7 heteroatoms. The quantitative estimate of drug-likeness (QED) is 0.820. The Bertz CT molecular complexity index is 495. The van der Waals surface area contributed by atoms with Gasteiger partial charge in [0.05, 0.1) is 30.8 Å². The molecule has 1 aromatic carbocycles. The van der Waals surface area contributed by atoms with Crippen LogP contribution in [0.5, 0.6) is 0 Å². The predicted octanol–water partition coefficient (Wildman–Crippen LogP) is 0.422. The van der Waals surface area contributed by atoms with Gasteiger partial charge in [-0.3, -0.25) is 0 Å². The first-order valence-corrected chi connectivity index (χ1v) is 7.57. The minimum Gasteiger partial charge on any atom is -0.388 e. The summed E-state index contributed by atoms with van der Waals surface area (Å²) in [6.07, 6.45) is -0.222. The summed E-state index contributed by atoms with van der Waals surface area (Å²) in [4.78, 5) is 0.239. The SMILES string of the molecule is CNc1ccc(S(=O)(=O)NCC2COCCO2)cc1. The van der Waals surface area contributed by atoms with E-state index >= 15 is 0 Å². The smallest absolute Gasteiger partial charge is 0.240 e. The molecule has 1 aromatic rings. The van der Waals surface area contributed by atoms with Crippen molar-refractivity contribution in [2.75, 3.05) is 38.7 Å². The third-order valence-electron chi connectivity index (χ3n) is 2.84. The van der Waals surface area contributed by atoms with E-state index in [2.05, 4.69) is 10.0 Å². The number of benzene rings is 1. The van der Waals surface area contributed by atoms with Gasteiger partial charge in [0.2, 0.25) is 10.0 Å². The van der Waals surface area contributed by atoms with Crippen molar-refractivity contribution in [3.63, 3.8) is 0 Å². The van der Waals surface area contributed by atoms with Gasteiger partial charge in [0.15, 0.2) is 0 Å². The predicted molar refractivity (Wildman–Crippen MR) is 71.7 cm³/mol. The van der Waals surface area contributed by atoms with Crippen molar-refractivity contribution in [2.45, 2.75) is 11.0 Å². The lowest BCUT2D eigenvalue weighted by atomic mass is 10.3. The first kappa shape index (κ1) is 14.3. The highest BCUT2D eigenvalue weighted by atomic mass is 32.2. The topological polar surface area (TPSA) is 76.7 Å². The third-order valence-corrected chi connectivity index (χ3v) is 4.28. The van der Waals surface area contributed by atoms with E-state index in [1.165, 1.54) is 0 Å². The summed E-state index contributed by atoms with van der Waals surface area (Å²) >= 11 is 0. The van der Waals surface area contributed by atoms with Gasteiger partial charge in [-0.1, -0.05) is 0 Å². The molecule has 0 aliphatic carbocycles. The molecule has 0 aromatic heterocycles. The largest absolute Gasteiger partial charge is 0.388 e. The highest BCUT2D eigenvalue weighted by Crippen LogP contribution is 2.13. The van der Waals surface area contributed by atoms with E-state index in [0.717, 1.165) is 5.69 Å². The van der Waals surface area contributed by atoms with Crippen LogP contribution in [0.15, 0.2) is 29.2 Å². The van der Waals surface area contributed by atoms with Gasteiger partial charge in [-0.05, 0) is 24.3 Å².